The van der Waals surface area contributed by atoms with Crippen LogP contribution in [-0.4, -0.2) is 66.9 Å². The molecule has 2 amide bonds. The first-order valence-electron chi connectivity index (χ1n) is 13.5. The minimum atomic E-state index is -0.558. The second-order valence-corrected chi connectivity index (χ2v) is 10.0. The number of halogens is 1. The Morgan fingerprint density at radius 3 is 2.19 bits per heavy atom. The minimum absolute atomic E-state index is 0.00471. The summed E-state index contributed by atoms with van der Waals surface area (Å²) in [5.41, 5.74) is 3.44. The van der Waals surface area contributed by atoms with Gasteiger partial charge in [0.1, 0.15) is 6.54 Å². The van der Waals surface area contributed by atoms with Gasteiger partial charge >= 0.3 is 11.9 Å². The van der Waals surface area contributed by atoms with Gasteiger partial charge in [-0.1, -0.05) is 35.9 Å². The van der Waals surface area contributed by atoms with Gasteiger partial charge in [-0.25, -0.2) is 4.79 Å². The van der Waals surface area contributed by atoms with Crippen LogP contribution in [0.1, 0.15) is 49.1 Å². The van der Waals surface area contributed by atoms with Gasteiger partial charge in [0.2, 0.25) is 0 Å². The number of hydrogen-bond donors (Lipinski definition) is 1. The van der Waals surface area contributed by atoms with E-state index in [1.54, 1.807) is 66.4 Å². The Balaban J connectivity index is 1.57. The molecule has 42 heavy (non-hydrogen) atoms. The summed E-state index contributed by atoms with van der Waals surface area (Å²) in [6.07, 6.45) is 3.94. The molecule has 0 saturated carbocycles. The van der Waals surface area contributed by atoms with Crippen molar-refractivity contribution in [3.63, 3.8) is 0 Å². The van der Waals surface area contributed by atoms with Crippen molar-refractivity contribution in [2.75, 3.05) is 38.7 Å². The standard InChI is InChI=1S/C32H32ClN3O6/c1-3-42-29(37)21-36(31(39)24-10-13-27(33)14-11-24)20-26-18-25(32(40)41-2)12-15-28(26)34-19-22-6-8-23(9-7-22)30(38)35-16-4-5-17-35/h4-15,18,34H,3,16-17,19-21H2,1-2H3. The lowest BCUT2D eigenvalue weighted by molar-refractivity contribution is -0.143. The van der Waals surface area contributed by atoms with Gasteiger partial charge in [-0.3, -0.25) is 14.4 Å². The van der Waals surface area contributed by atoms with Crippen LogP contribution in [0, 0.1) is 0 Å². The maximum atomic E-state index is 13.5. The quantitative estimate of drug-likeness (QED) is 0.249. The molecule has 3 aromatic rings. The molecule has 1 heterocycles. The van der Waals surface area contributed by atoms with Gasteiger partial charge in [0.15, 0.2) is 0 Å². The fourth-order valence-electron chi connectivity index (χ4n) is 4.47. The number of carbonyl (C=O) groups is 4. The number of anilines is 1. The van der Waals surface area contributed by atoms with Crippen LogP contribution in [0.15, 0.2) is 78.9 Å². The molecule has 0 unspecified atom stereocenters. The second kappa shape index (κ2) is 14.3. The van der Waals surface area contributed by atoms with Crippen LogP contribution in [-0.2, 0) is 27.4 Å². The molecule has 0 saturated heterocycles. The fourth-order valence-corrected chi connectivity index (χ4v) is 4.60. The molecular formula is C32H32ClN3O6. The van der Waals surface area contributed by atoms with E-state index >= 15 is 0 Å². The molecule has 1 N–H and O–H groups in total. The molecular weight excluding hydrogens is 558 g/mol. The zero-order chi connectivity index (χ0) is 30.1. The molecule has 0 aromatic heterocycles. The van der Waals surface area contributed by atoms with Crippen molar-refractivity contribution in [3.8, 4) is 0 Å². The average molecular weight is 590 g/mol. The predicted octanol–water partition coefficient (Wildman–Crippen LogP) is 4.96. The fraction of sp³-hybridized carbons (Fsp3) is 0.250. The Morgan fingerprint density at radius 2 is 1.55 bits per heavy atom. The monoisotopic (exact) mass is 589 g/mol. The third-order valence-electron chi connectivity index (χ3n) is 6.68. The molecule has 0 atom stereocenters. The van der Waals surface area contributed by atoms with E-state index in [0.717, 1.165) is 5.56 Å². The molecule has 0 bridgehead atoms. The highest BCUT2D eigenvalue weighted by Crippen LogP contribution is 2.23. The van der Waals surface area contributed by atoms with Crippen LogP contribution in [0.4, 0.5) is 5.69 Å². The highest BCUT2D eigenvalue weighted by atomic mass is 35.5. The van der Waals surface area contributed by atoms with Gasteiger partial charge in [0.25, 0.3) is 11.8 Å². The van der Waals surface area contributed by atoms with E-state index in [2.05, 4.69) is 5.32 Å². The first kappa shape index (κ1) is 30.3. The zero-order valence-corrected chi connectivity index (χ0v) is 24.2. The van der Waals surface area contributed by atoms with Crippen molar-refractivity contribution in [2.24, 2.45) is 0 Å². The Bertz CT molecular complexity index is 1460. The molecule has 9 nitrogen and oxygen atoms in total. The number of rotatable bonds is 11. The summed E-state index contributed by atoms with van der Waals surface area (Å²) < 4.78 is 10.0. The third-order valence-corrected chi connectivity index (χ3v) is 6.93. The van der Waals surface area contributed by atoms with Crippen LogP contribution in [0.3, 0.4) is 0 Å². The Hall–Kier alpha value is -4.63. The number of amides is 2. The van der Waals surface area contributed by atoms with E-state index in [-0.39, 0.29) is 25.6 Å². The molecule has 1 aliphatic rings. The summed E-state index contributed by atoms with van der Waals surface area (Å²) in [5.74, 6) is -1.51. The van der Waals surface area contributed by atoms with E-state index in [4.69, 9.17) is 21.1 Å². The van der Waals surface area contributed by atoms with Crippen molar-refractivity contribution >= 4 is 41.0 Å². The number of ether oxygens (including phenoxy) is 2. The summed E-state index contributed by atoms with van der Waals surface area (Å²) >= 11 is 6.00. The van der Waals surface area contributed by atoms with Crippen LogP contribution in [0.2, 0.25) is 5.02 Å². The van der Waals surface area contributed by atoms with E-state index < -0.39 is 17.8 Å². The summed E-state index contributed by atoms with van der Waals surface area (Å²) in [5, 5.41) is 3.84. The van der Waals surface area contributed by atoms with Crippen molar-refractivity contribution in [1.29, 1.82) is 0 Å². The Kier molecular flexibility index (Phi) is 10.3. The molecule has 0 aliphatic carbocycles. The van der Waals surface area contributed by atoms with Gasteiger partial charge in [-0.2, -0.15) is 0 Å². The number of nitrogens with one attached hydrogen (secondary N) is 1. The van der Waals surface area contributed by atoms with Crippen molar-refractivity contribution in [3.05, 3.63) is 112 Å². The normalized spacial score (nSPS) is 12.1. The minimum Gasteiger partial charge on any atom is -0.465 e. The van der Waals surface area contributed by atoms with Gasteiger partial charge in [0, 0.05) is 48.0 Å². The molecule has 4 rings (SSSR count). The van der Waals surface area contributed by atoms with Crippen LogP contribution in [0.25, 0.3) is 0 Å². The summed E-state index contributed by atoms with van der Waals surface area (Å²) in [4.78, 5) is 54.0. The van der Waals surface area contributed by atoms with Crippen LogP contribution < -0.4 is 5.32 Å². The average Bonchev–Trinajstić information content (AvgIpc) is 3.55. The van der Waals surface area contributed by atoms with E-state index in [1.807, 2.05) is 24.3 Å². The smallest absolute Gasteiger partial charge is 0.337 e. The van der Waals surface area contributed by atoms with Gasteiger partial charge in [-0.15, -0.1) is 0 Å². The highest BCUT2D eigenvalue weighted by molar-refractivity contribution is 6.30. The molecule has 3 aromatic carbocycles. The topological polar surface area (TPSA) is 105 Å². The maximum Gasteiger partial charge on any atom is 0.337 e. The van der Waals surface area contributed by atoms with Crippen molar-refractivity contribution in [1.82, 2.24) is 9.80 Å². The van der Waals surface area contributed by atoms with Crippen molar-refractivity contribution < 1.29 is 28.7 Å². The molecule has 0 spiro atoms. The predicted molar refractivity (Wildman–Crippen MR) is 159 cm³/mol. The van der Waals surface area contributed by atoms with Crippen molar-refractivity contribution in [2.45, 2.75) is 20.0 Å². The zero-order valence-electron chi connectivity index (χ0n) is 23.5. The molecule has 0 fully saturated rings. The number of esters is 2. The Morgan fingerprint density at radius 1 is 0.905 bits per heavy atom. The number of carbonyl (C=O) groups excluding carboxylic acids is 4. The number of benzene rings is 3. The molecule has 218 valence electrons. The third kappa shape index (κ3) is 7.76. The lowest BCUT2D eigenvalue weighted by atomic mass is 10.1. The van der Waals surface area contributed by atoms with Gasteiger partial charge < -0.3 is 24.6 Å². The number of nitrogens with zero attached hydrogens (tertiary/aromatic N) is 2. The maximum absolute atomic E-state index is 13.5. The lowest BCUT2D eigenvalue weighted by Crippen LogP contribution is -2.36. The van der Waals surface area contributed by atoms with E-state index in [9.17, 15) is 19.2 Å². The summed E-state index contributed by atoms with van der Waals surface area (Å²) in [6, 6.07) is 18.7. The summed E-state index contributed by atoms with van der Waals surface area (Å²) in [7, 11) is 1.29. The van der Waals surface area contributed by atoms with Crippen LogP contribution >= 0.6 is 11.6 Å². The lowest BCUT2D eigenvalue weighted by Gasteiger charge is -2.24. The van der Waals surface area contributed by atoms with E-state index in [1.165, 1.54) is 12.0 Å². The highest BCUT2D eigenvalue weighted by Gasteiger charge is 2.22. The number of hydrogen-bond acceptors (Lipinski definition) is 7. The second-order valence-electron chi connectivity index (χ2n) is 9.57. The first-order valence-corrected chi connectivity index (χ1v) is 13.9. The number of methoxy groups -OCH3 is 1. The molecule has 1 aliphatic heterocycles. The SMILES string of the molecule is CCOC(=O)CN(Cc1cc(C(=O)OC)ccc1NCc1ccc(C(=O)N2CC=CC2)cc1)C(=O)c1ccc(Cl)cc1. The molecule has 0 radical (unpaired) electrons. The van der Waals surface area contributed by atoms with Gasteiger partial charge in [-0.05, 0) is 72.6 Å². The largest absolute Gasteiger partial charge is 0.465 e. The van der Waals surface area contributed by atoms with Gasteiger partial charge in [0.05, 0.1) is 19.3 Å². The summed E-state index contributed by atoms with van der Waals surface area (Å²) in [6.45, 7) is 3.21. The Labute approximate surface area is 249 Å². The van der Waals surface area contributed by atoms with E-state index in [0.29, 0.717) is 52.6 Å². The van der Waals surface area contributed by atoms with Crippen LogP contribution in [0.5, 0.6) is 0 Å². The first-order chi connectivity index (χ1) is 20.3. The molecule has 10 heteroatoms.